The number of carboxylic acids is 1. The third-order valence-electron chi connectivity index (χ3n) is 13.5. The maximum Gasteiger partial charge on any atom is 0.361 e. The smallest absolute Gasteiger partial charge is 0.361 e. The molecule has 0 amide bonds. The van der Waals surface area contributed by atoms with Gasteiger partial charge in [-0.25, -0.2) is 4.79 Å². The fourth-order valence-corrected chi connectivity index (χ4v) is 8.44. The first-order chi connectivity index (χ1) is 41.6. The van der Waals surface area contributed by atoms with Crippen LogP contribution in [0.25, 0.3) is 0 Å². The first-order valence-electron chi connectivity index (χ1n) is 33.3. The Morgan fingerprint density at radius 2 is 0.635 bits per heavy atom. The molecule has 85 heavy (non-hydrogen) atoms. The molecule has 9 heteroatoms. The molecule has 0 aliphatic carbocycles. The summed E-state index contributed by atoms with van der Waals surface area (Å²) in [4.78, 5) is 37.6. The molecule has 0 aromatic heterocycles. The van der Waals surface area contributed by atoms with Crippen LogP contribution >= 0.6 is 0 Å². The summed E-state index contributed by atoms with van der Waals surface area (Å²) >= 11 is 0. The Kier molecular flexibility index (Phi) is 60.6. The number of nitrogens with zero attached hydrogens (tertiary/aromatic N) is 1. The Morgan fingerprint density at radius 1 is 0.353 bits per heavy atom. The van der Waals surface area contributed by atoms with Gasteiger partial charge < -0.3 is 28.5 Å². The number of allylic oxidation sites excluding steroid dienone is 28. The molecule has 0 bridgehead atoms. The highest BCUT2D eigenvalue weighted by Crippen LogP contribution is 2.15. The van der Waals surface area contributed by atoms with Crippen LogP contribution in [0.15, 0.2) is 170 Å². The summed E-state index contributed by atoms with van der Waals surface area (Å²) in [5.41, 5.74) is 0. The fourth-order valence-electron chi connectivity index (χ4n) is 8.44. The van der Waals surface area contributed by atoms with Gasteiger partial charge in [-0.2, -0.15) is 0 Å². The Hall–Kier alpha value is -5.35. The number of carbonyl (C=O) groups is 3. The van der Waals surface area contributed by atoms with Gasteiger partial charge in [-0.15, -0.1) is 0 Å². The second kappa shape index (κ2) is 64.6. The number of aliphatic carboxylic acids is 1. The predicted octanol–water partition coefficient (Wildman–Crippen LogP) is 20.7. The average molecular weight is 1180 g/mol. The van der Waals surface area contributed by atoms with Crippen LogP contribution < -0.4 is 0 Å². The van der Waals surface area contributed by atoms with Crippen molar-refractivity contribution in [3.63, 3.8) is 0 Å². The molecule has 0 spiro atoms. The molecule has 0 aliphatic rings. The quantitative estimate of drug-likeness (QED) is 0.0211. The molecule has 0 rings (SSSR count). The minimum Gasteiger partial charge on any atom is -0.477 e. The third kappa shape index (κ3) is 66.0. The van der Waals surface area contributed by atoms with E-state index in [0.717, 1.165) is 148 Å². The van der Waals surface area contributed by atoms with Gasteiger partial charge in [0, 0.05) is 12.8 Å². The molecule has 0 aliphatic heterocycles. The number of likely N-dealkylation sites (N-methyl/N-ethyl adjacent to an activating group) is 1. The highest BCUT2D eigenvalue weighted by atomic mass is 16.7. The summed E-state index contributed by atoms with van der Waals surface area (Å²) in [5.74, 6) is -2.05. The lowest BCUT2D eigenvalue weighted by molar-refractivity contribution is -0.870. The number of hydrogen-bond donors (Lipinski definition) is 1. The number of hydrogen-bond acceptors (Lipinski definition) is 7. The van der Waals surface area contributed by atoms with Crippen molar-refractivity contribution in [3.8, 4) is 0 Å². The molecule has 2 atom stereocenters. The third-order valence-corrected chi connectivity index (χ3v) is 13.5. The normalized spacial score (nSPS) is 13.8. The summed E-state index contributed by atoms with van der Waals surface area (Å²) in [5, 5.41) is 9.74. The molecule has 0 aromatic rings. The van der Waals surface area contributed by atoms with Crippen molar-refractivity contribution in [1.82, 2.24) is 0 Å². The van der Waals surface area contributed by atoms with Crippen LogP contribution in [0, 0.1) is 0 Å². The van der Waals surface area contributed by atoms with E-state index >= 15 is 0 Å². The molecular weight excluding hydrogens is 1050 g/mol. The summed E-state index contributed by atoms with van der Waals surface area (Å²) in [7, 11) is 5.95. The highest BCUT2D eigenvalue weighted by molar-refractivity contribution is 5.71. The standard InChI is InChI=1S/C76H121NO8/c1-6-8-10-12-14-16-18-20-22-24-26-28-30-31-32-33-34-35-36-37-38-39-40-41-42-43-45-47-49-51-53-55-57-59-61-63-65-67-74(79)85-72(71-84-76(75(80)81)82-69-68-77(3,4)5)70-83-73(78)66-64-62-60-58-56-54-52-50-48-46-44-29-27-25-23-21-19-17-15-13-11-9-7-2/h8-11,14-17,20-23,26-29,31-32,34-35,37-38,40-41,43,45-46,48,72,76H,6-7,12-13,18-19,24-25,30,33,36,39,42,44,47,49-71H2,1-5H3/p+1/b10-8-,11-9-,16-14-,17-15-,22-20-,23-21-,28-26-,29-27-,32-31-,35-34-,38-37-,41-40-,45-43-,48-46-. The van der Waals surface area contributed by atoms with Crippen LogP contribution in [-0.2, 0) is 33.3 Å². The Labute approximate surface area is 520 Å². The van der Waals surface area contributed by atoms with Gasteiger partial charge in [0.1, 0.15) is 13.2 Å². The van der Waals surface area contributed by atoms with E-state index in [0.29, 0.717) is 17.4 Å². The van der Waals surface area contributed by atoms with Crippen molar-refractivity contribution in [2.75, 3.05) is 47.5 Å². The van der Waals surface area contributed by atoms with Gasteiger partial charge in [0.2, 0.25) is 0 Å². The van der Waals surface area contributed by atoms with Gasteiger partial charge in [-0.1, -0.05) is 261 Å². The van der Waals surface area contributed by atoms with Gasteiger partial charge in [0.05, 0.1) is 34.4 Å². The topological polar surface area (TPSA) is 108 Å². The molecular formula is C76H122NO8+. The van der Waals surface area contributed by atoms with Crippen molar-refractivity contribution >= 4 is 17.9 Å². The molecule has 9 nitrogen and oxygen atoms in total. The van der Waals surface area contributed by atoms with Crippen molar-refractivity contribution < 1.29 is 42.9 Å². The van der Waals surface area contributed by atoms with Gasteiger partial charge in [0.15, 0.2) is 6.10 Å². The molecule has 0 fully saturated rings. The minimum absolute atomic E-state index is 0.175. The van der Waals surface area contributed by atoms with Crippen molar-refractivity contribution in [2.45, 2.75) is 245 Å². The Bertz CT molecular complexity index is 2000. The summed E-state index contributed by atoms with van der Waals surface area (Å²) in [6, 6.07) is 0. The van der Waals surface area contributed by atoms with Crippen LogP contribution in [-0.4, -0.2) is 87.4 Å². The first-order valence-corrected chi connectivity index (χ1v) is 33.3. The number of esters is 2. The van der Waals surface area contributed by atoms with E-state index in [1.54, 1.807) is 0 Å². The summed E-state index contributed by atoms with van der Waals surface area (Å²) in [6.07, 6.45) is 94.4. The molecule has 0 aromatic carbocycles. The van der Waals surface area contributed by atoms with Gasteiger partial charge in [0.25, 0.3) is 6.29 Å². The minimum atomic E-state index is -1.53. The van der Waals surface area contributed by atoms with Gasteiger partial charge in [-0.3, -0.25) is 9.59 Å². The molecule has 0 saturated carbocycles. The van der Waals surface area contributed by atoms with E-state index in [9.17, 15) is 19.5 Å². The van der Waals surface area contributed by atoms with Crippen molar-refractivity contribution in [3.05, 3.63) is 170 Å². The second-order valence-electron chi connectivity index (χ2n) is 22.7. The van der Waals surface area contributed by atoms with E-state index in [1.165, 1.54) is 51.4 Å². The average Bonchev–Trinajstić information content (AvgIpc) is 3.48. The molecule has 0 saturated heterocycles. The number of quaternary nitrogens is 1. The summed E-state index contributed by atoms with van der Waals surface area (Å²) in [6.45, 7) is 4.61. The van der Waals surface area contributed by atoms with Crippen molar-refractivity contribution in [2.24, 2.45) is 0 Å². The number of rotatable bonds is 59. The zero-order valence-corrected chi connectivity index (χ0v) is 54.4. The largest absolute Gasteiger partial charge is 0.477 e. The second-order valence-corrected chi connectivity index (χ2v) is 22.7. The fraction of sp³-hybridized carbons (Fsp3) is 0.592. The molecule has 1 N–H and O–H groups in total. The zero-order chi connectivity index (χ0) is 61.9. The van der Waals surface area contributed by atoms with E-state index in [-0.39, 0.29) is 38.6 Å². The van der Waals surface area contributed by atoms with Crippen molar-refractivity contribution in [1.29, 1.82) is 0 Å². The zero-order valence-electron chi connectivity index (χ0n) is 54.4. The van der Waals surface area contributed by atoms with E-state index in [1.807, 2.05) is 21.1 Å². The van der Waals surface area contributed by atoms with E-state index in [4.69, 9.17) is 18.9 Å². The van der Waals surface area contributed by atoms with Gasteiger partial charge in [-0.05, 0) is 128 Å². The monoisotopic (exact) mass is 1180 g/mol. The van der Waals surface area contributed by atoms with Crippen LogP contribution in [0.3, 0.4) is 0 Å². The molecule has 2 unspecified atom stereocenters. The number of unbranched alkanes of at least 4 members (excludes halogenated alkanes) is 16. The highest BCUT2D eigenvalue weighted by Gasteiger charge is 2.25. The predicted molar refractivity (Wildman–Crippen MR) is 363 cm³/mol. The van der Waals surface area contributed by atoms with Crippen LogP contribution in [0.1, 0.15) is 232 Å². The van der Waals surface area contributed by atoms with E-state index < -0.39 is 24.3 Å². The maximum atomic E-state index is 12.9. The number of carbonyl (C=O) groups excluding carboxylic acids is 2. The lowest BCUT2D eigenvalue weighted by Gasteiger charge is -2.25. The number of ether oxygens (including phenoxy) is 4. The SMILES string of the molecule is CC/C=C\C/C=C\C/C=C\C/C=C\C/C=C\C/C=C\C/C=C\C/C=C\C/C=C\CCCCCCCCCCCC(=O)OC(COC(=O)CCCCCCCCC/C=C\C/C=C\C/C=C\C/C=C\C/C=C\CC)COC(OCC[N+](C)(C)C)C(=O)O. The van der Waals surface area contributed by atoms with Crippen LogP contribution in [0.4, 0.5) is 0 Å². The van der Waals surface area contributed by atoms with Crippen LogP contribution in [0.5, 0.6) is 0 Å². The molecule has 0 heterocycles. The first kappa shape index (κ1) is 79.7. The number of carboxylic acid groups (broad SMARTS) is 1. The van der Waals surface area contributed by atoms with Gasteiger partial charge >= 0.3 is 17.9 Å². The van der Waals surface area contributed by atoms with E-state index in [2.05, 4.69) is 184 Å². The summed E-state index contributed by atoms with van der Waals surface area (Å²) < 4.78 is 22.9. The van der Waals surface area contributed by atoms with Crippen LogP contribution in [0.2, 0.25) is 0 Å². The lowest BCUT2D eigenvalue weighted by atomic mass is 10.1. The Morgan fingerprint density at radius 3 is 0.941 bits per heavy atom. The molecule has 0 radical (unpaired) electrons. The lowest BCUT2D eigenvalue weighted by Crippen LogP contribution is -2.40. The Balaban J connectivity index is 4.23. The molecule has 478 valence electrons. The maximum absolute atomic E-state index is 12.9.